The standard InChI is InChI=1S/C17H23N3O2/c1-5-7-14-9-6-8-11(2)20(14)16(21)10-15-12(3)18-13(4)19-17(15)22/h5-6,8,11,14H,1,7,9-10H2,2-4H3,(H,18,19,22)/t11-,14-/m1/s1. The van der Waals surface area contributed by atoms with E-state index in [0.29, 0.717) is 17.1 Å². The lowest BCUT2D eigenvalue weighted by Gasteiger charge is -2.37. The van der Waals surface area contributed by atoms with Crippen LogP contribution >= 0.6 is 0 Å². The average Bonchev–Trinajstić information content (AvgIpc) is 2.43. The van der Waals surface area contributed by atoms with E-state index < -0.39 is 0 Å². The molecule has 2 heterocycles. The van der Waals surface area contributed by atoms with E-state index in [4.69, 9.17) is 0 Å². The molecule has 5 heteroatoms. The molecule has 5 nitrogen and oxygen atoms in total. The Kier molecular flexibility index (Phi) is 4.96. The number of aromatic amines is 1. The molecule has 118 valence electrons. The zero-order valence-electron chi connectivity index (χ0n) is 13.4. The van der Waals surface area contributed by atoms with Gasteiger partial charge in [0.05, 0.1) is 6.42 Å². The van der Waals surface area contributed by atoms with Crippen LogP contribution in [-0.2, 0) is 11.2 Å². The van der Waals surface area contributed by atoms with Crippen LogP contribution in [0.25, 0.3) is 0 Å². The summed E-state index contributed by atoms with van der Waals surface area (Å²) in [5.41, 5.74) is 0.851. The lowest BCUT2D eigenvalue weighted by Crippen LogP contribution is -2.48. The number of aromatic nitrogens is 2. The molecule has 0 aromatic carbocycles. The molecule has 0 aliphatic carbocycles. The molecule has 1 aromatic rings. The molecule has 2 atom stereocenters. The van der Waals surface area contributed by atoms with Gasteiger partial charge in [-0.1, -0.05) is 18.2 Å². The van der Waals surface area contributed by atoms with Crippen molar-refractivity contribution >= 4 is 5.91 Å². The average molecular weight is 301 g/mol. The Morgan fingerprint density at radius 1 is 1.55 bits per heavy atom. The van der Waals surface area contributed by atoms with Gasteiger partial charge in [-0.3, -0.25) is 9.59 Å². The fourth-order valence-electron chi connectivity index (χ4n) is 3.01. The monoisotopic (exact) mass is 301 g/mol. The summed E-state index contributed by atoms with van der Waals surface area (Å²) in [5.74, 6) is 0.528. The zero-order valence-corrected chi connectivity index (χ0v) is 13.4. The third-order valence-corrected chi connectivity index (χ3v) is 4.05. The van der Waals surface area contributed by atoms with Gasteiger partial charge >= 0.3 is 0 Å². The second-order valence-electron chi connectivity index (χ2n) is 5.78. The molecule has 0 fully saturated rings. The second kappa shape index (κ2) is 6.73. The predicted molar refractivity (Wildman–Crippen MR) is 86.7 cm³/mol. The maximum Gasteiger partial charge on any atom is 0.254 e. The van der Waals surface area contributed by atoms with E-state index in [2.05, 4.69) is 22.6 Å². The van der Waals surface area contributed by atoms with E-state index in [1.54, 1.807) is 13.8 Å². The van der Waals surface area contributed by atoms with Gasteiger partial charge in [-0.05, 0) is 33.6 Å². The van der Waals surface area contributed by atoms with E-state index in [0.717, 1.165) is 12.8 Å². The Morgan fingerprint density at radius 3 is 2.91 bits per heavy atom. The Bertz CT molecular complexity index is 660. The quantitative estimate of drug-likeness (QED) is 0.866. The highest BCUT2D eigenvalue weighted by molar-refractivity contribution is 5.80. The fraction of sp³-hybridized carbons (Fsp3) is 0.471. The summed E-state index contributed by atoms with van der Waals surface area (Å²) in [4.78, 5) is 33.6. The smallest absolute Gasteiger partial charge is 0.254 e. The Balaban J connectivity index is 2.26. The maximum atomic E-state index is 12.7. The van der Waals surface area contributed by atoms with Crippen LogP contribution in [0.2, 0.25) is 0 Å². The Morgan fingerprint density at radius 2 is 2.27 bits per heavy atom. The van der Waals surface area contributed by atoms with E-state index in [-0.39, 0.29) is 30.0 Å². The largest absolute Gasteiger partial charge is 0.333 e. The number of rotatable bonds is 4. The van der Waals surface area contributed by atoms with Crippen LogP contribution in [0.15, 0.2) is 29.6 Å². The van der Waals surface area contributed by atoms with Crippen molar-refractivity contribution in [3.63, 3.8) is 0 Å². The van der Waals surface area contributed by atoms with Gasteiger partial charge in [0.25, 0.3) is 5.56 Å². The van der Waals surface area contributed by atoms with Crippen molar-refractivity contribution in [1.82, 2.24) is 14.9 Å². The van der Waals surface area contributed by atoms with Crippen molar-refractivity contribution in [3.05, 3.63) is 52.2 Å². The number of nitrogens with zero attached hydrogens (tertiary/aromatic N) is 2. The zero-order chi connectivity index (χ0) is 16.3. The molecule has 1 aliphatic rings. The highest BCUT2D eigenvalue weighted by atomic mass is 16.2. The van der Waals surface area contributed by atoms with Crippen molar-refractivity contribution < 1.29 is 4.79 Å². The van der Waals surface area contributed by atoms with Crippen LogP contribution in [0.1, 0.15) is 36.8 Å². The molecule has 0 saturated heterocycles. The van der Waals surface area contributed by atoms with Gasteiger partial charge in [0, 0.05) is 23.3 Å². The van der Waals surface area contributed by atoms with E-state index >= 15 is 0 Å². The minimum absolute atomic E-state index is 0.0315. The van der Waals surface area contributed by atoms with Gasteiger partial charge in [0.15, 0.2) is 0 Å². The van der Waals surface area contributed by atoms with Gasteiger partial charge < -0.3 is 9.88 Å². The van der Waals surface area contributed by atoms with E-state index in [9.17, 15) is 9.59 Å². The molecule has 0 spiro atoms. The Hall–Kier alpha value is -2.17. The molecule has 1 N–H and O–H groups in total. The molecule has 1 aliphatic heterocycles. The highest BCUT2D eigenvalue weighted by Gasteiger charge is 2.29. The topological polar surface area (TPSA) is 66.1 Å². The summed E-state index contributed by atoms with van der Waals surface area (Å²) < 4.78 is 0. The van der Waals surface area contributed by atoms with Crippen molar-refractivity contribution in [1.29, 1.82) is 0 Å². The van der Waals surface area contributed by atoms with Crippen molar-refractivity contribution in [3.8, 4) is 0 Å². The highest BCUT2D eigenvalue weighted by Crippen LogP contribution is 2.21. The third-order valence-electron chi connectivity index (χ3n) is 4.05. The SMILES string of the molecule is C=CC[C@@H]1CC=C[C@@H](C)N1C(=O)Cc1c(C)nc(C)[nH]c1=O. The van der Waals surface area contributed by atoms with E-state index in [1.165, 1.54) is 0 Å². The van der Waals surface area contributed by atoms with Crippen LogP contribution in [0.4, 0.5) is 0 Å². The summed E-state index contributed by atoms with van der Waals surface area (Å²) in [5, 5.41) is 0. The molecule has 0 radical (unpaired) electrons. The summed E-state index contributed by atoms with van der Waals surface area (Å²) in [6.07, 6.45) is 7.63. The molecular weight excluding hydrogens is 278 g/mol. The lowest BCUT2D eigenvalue weighted by molar-refractivity contribution is -0.134. The summed E-state index contributed by atoms with van der Waals surface area (Å²) in [7, 11) is 0. The molecule has 0 unspecified atom stereocenters. The van der Waals surface area contributed by atoms with Crippen LogP contribution in [0, 0.1) is 13.8 Å². The van der Waals surface area contributed by atoms with Crippen LogP contribution < -0.4 is 5.56 Å². The van der Waals surface area contributed by atoms with Crippen LogP contribution in [-0.4, -0.2) is 32.9 Å². The number of carbonyl (C=O) groups excluding carboxylic acids is 1. The molecule has 0 bridgehead atoms. The first-order chi connectivity index (χ1) is 10.4. The molecule has 0 saturated carbocycles. The number of hydrogen-bond donors (Lipinski definition) is 1. The first kappa shape index (κ1) is 16.2. The number of carbonyl (C=O) groups is 1. The summed E-state index contributed by atoms with van der Waals surface area (Å²) in [6.45, 7) is 9.27. The summed E-state index contributed by atoms with van der Waals surface area (Å²) in [6, 6.07) is 0.145. The minimum atomic E-state index is -0.223. The first-order valence-electron chi connectivity index (χ1n) is 7.59. The van der Waals surface area contributed by atoms with Gasteiger partial charge in [-0.15, -0.1) is 6.58 Å². The number of amides is 1. The number of hydrogen-bond acceptors (Lipinski definition) is 3. The fourth-order valence-corrected chi connectivity index (χ4v) is 3.01. The van der Waals surface area contributed by atoms with Crippen molar-refractivity contribution in [2.45, 2.75) is 52.1 Å². The van der Waals surface area contributed by atoms with Crippen molar-refractivity contribution in [2.24, 2.45) is 0 Å². The van der Waals surface area contributed by atoms with Gasteiger partial charge in [-0.2, -0.15) is 0 Å². The van der Waals surface area contributed by atoms with Crippen LogP contribution in [0.5, 0.6) is 0 Å². The van der Waals surface area contributed by atoms with Crippen molar-refractivity contribution in [2.75, 3.05) is 0 Å². The Labute approximate surface area is 130 Å². The maximum absolute atomic E-state index is 12.7. The third kappa shape index (κ3) is 3.35. The molecule has 2 rings (SSSR count). The molecular formula is C17H23N3O2. The number of H-pyrrole nitrogens is 1. The lowest BCUT2D eigenvalue weighted by atomic mass is 9.99. The number of nitrogens with one attached hydrogen (secondary N) is 1. The van der Waals surface area contributed by atoms with Gasteiger partial charge in [0.2, 0.25) is 5.91 Å². The van der Waals surface area contributed by atoms with E-state index in [1.807, 2.05) is 24.0 Å². The summed E-state index contributed by atoms with van der Waals surface area (Å²) >= 11 is 0. The van der Waals surface area contributed by atoms with Gasteiger partial charge in [0.1, 0.15) is 5.82 Å². The molecule has 1 amide bonds. The second-order valence-corrected chi connectivity index (χ2v) is 5.78. The number of aryl methyl sites for hydroxylation is 2. The normalized spacial score (nSPS) is 21.0. The van der Waals surface area contributed by atoms with Crippen LogP contribution in [0.3, 0.4) is 0 Å². The minimum Gasteiger partial charge on any atom is -0.333 e. The molecule has 1 aromatic heterocycles. The van der Waals surface area contributed by atoms with Gasteiger partial charge in [-0.25, -0.2) is 4.98 Å². The predicted octanol–water partition coefficient (Wildman–Crippen LogP) is 2.05. The first-order valence-corrected chi connectivity index (χ1v) is 7.59. The molecule has 22 heavy (non-hydrogen) atoms.